The van der Waals surface area contributed by atoms with Gasteiger partial charge in [0.05, 0.1) is 6.04 Å². The van der Waals surface area contributed by atoms with Gasteiger partial charge in [0.1, 0.15) is 6.61 Å². The second-order valence-corrected chi connectivity index (χ2v) is 2.59. The molecule has 1 heterocycles. The van der Waals surface area contributed by atoms with E-state index in [0.29, 0.717) is 18.5 Å². The van der Waals surface area contributed by atoms with Gasteiger partial charge < -0.3 is 10.5 Å². The van der Waals surface area contributed by atoms with Gasteiger partial charge in [-0.15, -0.1) is 0 Å². The highest BCUT2D eigenvalue weighted by Gasteiger charge is 2.19. The molecule has 1 aliphatic heterocycles. The number of hydrogen-bond acceptors (Lipinski definition) is 3. The Morgan fingerprint density at radius 2 is 2.44 bits per heavy atom. The Bertz CT molecular complexity index is 131. The van der Waals surface area contributed by atoms with E-state index >= 15 is 0 Å². The van der Waals surface area contributed by atoms with Crippen molar-refractivity contribution in [3.05, 3.63) is 0 Å². The number of rotatable bonds is 1. The maximum atomic E-state index is 5.29. The molecule has 0 aromatic rings. The molecule has 2 N–H and O–H groups in total. The minimum atomic E-state index is 0.282. The molecular weight excluding hydrogens is 116 g/mol. The molecule has 0 aromatic heterocycles. The predicted molar refractivity (Wildman–Crippen MR) is 36.2 cm³/mol. The van der Waals surface area contributed by atoms with Gasteiger partial charge in [0.15, 0.2) is 0 Å². The van der Waals surface area contributed by atoms with Crippen LogP contribution in [0.1, 0.15) is 13.8 Å². The van der Waals surface area contributed by atoms with E-state index < -0.39 is 0 Å². The molecule has 0 unspecified atom stereocenters. The van der Waals surface area contributed by atoms with Crippen molar-refractivity contribution in [2.45, 2.75) is 19.9 Å². The van der Waals surface area contributed by atoms with Crippen LogP contribution in [0, 0.1) is 5.92 Å². The Labute approximate surface area is 54.9 Å². The van der Waals surface area contributed by atoms with Crippen LogP contribution < -0.4 is 5.73 Å². The summed E-state index contributed by atoms with van der Waals surface area (Å²) in [7, 11) is 0. The van der Waals surface area contributed by atoms with Crippen molar-refractivity contribution in [1.82, 2.24) is 0 Å². The van der Waals surface area contributed by atoms with Crippen LogP contribution in [0.15, 0.2) is 4.99 Å². The summed E-state index contributed by atoms with van der Waals surface area (Å²) in [5, 5.41) is 0. The zero-order chi connectivity index (χ0) is 6.85. The van der Waals surface area contributed by atoms with Gasteiger partial charge in [0, 0.05) is 0 Å². The summed E-state index contributed by atoms with van der Waals surface area (Å²) in [6.07, 6.45) is 0. The zero-order valence-corrected chi connectivity index (χ0v) is 5.79. The molecule has 3 heteroatoms. The molecule has 0 aromatic carbocycles. The summed E-state index contributed by atoms with van der Waals surface area (Å²) in [5.74, 6) is 0.533. The summed E-state index contributed by atoms with van der Waals surface area (Å²) in [6.45, 7) is 4.87. The standard InChI is InChI=1S/C6H12N2O/c1-4(2)5-3-9-6(7)8-5/h4-5H,3H2,1-2H3,(H2,7,8)/t5-/m1/s1. The monoisotopic (exact) mass is 128 g/mol. The van der Waals surface area contributed by atoms with E-state index in [4.69, 9.17) is 10.5 Å². The van der Waals surface area contributed by atoms with Crippen LogP contribution >= 0.6 is 0 Å². The fourth-order valence-corrected chi connectivity index (χ4v) is 0.750. The number of nitrogens with two attached hydrogens (primary N) is 1. The molecule has 9 heavy (non-hydrogen) atoms. The van der Waals surface area contributed by atoms with Crippen molar-refractivity contribution in [3.8, 4) is 0 Å². The van der Waals surface area contributed by atoms with Gasteiger partial charge in [0.2, 0.25) is 0 Å². The molecule has 0 saturated heterocycles. The molecule has 1 aliphatic rings. The summed E-state index contributed by atoms with van der Waals surface area (Å²) in [6, 6.07) is 0.624. The van der Waals surface area contributed by atoms with Crippen molar-refractivity contribution >= 4 is 6.02 Å². The minimum absolute atomic E-state index is 0.282. The fourth-order valence-electron chi connectivity index (χ4n) is 0.750. The first-order chi connectivity index (χ1) is 4.20. The van der Waals surface area contributed by atoms with Crippen LogP contribution in [-0.4, -0.2) is 18.7 Å². The highest BCUT2D eigenvalue weighted by Crippen LogP contribution is 2.11. The normalized spacial score (nSPS) is 26.1. The lowest BCUT2D eigenvalue weighted by Crippen LogP contribution is -2.13. The third-order valence-electron chi connectivity index (χ3n) is 1.46. The molecule has 0 saturated carbocycles. The van der Waals surface area contributed by atoms with E-state index in [1.54, 1.807) is 0 Å². The lowest BCUT2D eigenvalue weighted by molar-refractivity contribution is 0.288. The molecular formula is C6H12N2O. The van der Waals surface area contributed by atoms with E-state index in [1.165, 1.54) is 0 Å². The molecule has 0 spiro atoms. The van der Waals surface area contributed by atoms with Crippen molar-refractivity contribution < 1.29 is 4.74 Å². The number of aliphatic imine (C=N–C) groups is 1. The van der Waals surface area contributed by atoms with Gasteiger partial charge in [-0.05, 0) is 5.92 Å². The van der Waals surface area contributed by atoms with Gasteiger partial charge in [-0.25, -0.2) is 4.99 Å². The Hall–Kier alpha value is -0.730. The van der Waals surface area contributed by atoms with E-state index in [9.17, 15) is 0 Å². The predicted octanol–water partition coefficient (Wildman–Crippen LogP) is 0.356. The van der Waals surface area contributed by atoms with Crippen LogP contribution in [0.2, 0.25) is 0 Å². The highest BCUT2D eigenvalue weighted by atomic mass is 16.5. The lowest BCUT2D eigenvalue weighted by atomic mass is 10.1. The fraction of sp³-hybridized carbons (Fsp3) is 0.833. The Morgan fingerprint density at radius 1 is 1.78 bits per heavy atom. The van der Waals surface area contributed by atoms with Crippen molar-refractivity contribution in [3.63, 3.8) is 0 Å². The maximum Gasteiger partial charge on any atom is 0.282 e. The van der Waals surface area contributed by atoms with Crippen molar-refractivity contribution in [2.75, 3.05) is 6.61 Å². The average Bonchev–Trinajstić information content (AvgIpc) is 2.14. The van der Waals surface area contributed by atoms with Gasteiger partial charge >= 0.3 is 0 Å². The quantitative estimate of drug-likeness (QED) is 0.554. The van der Waals surface area contributed by atoms with E-state index in [0.717, 1.165) is 0 Å². The first-order valence-electron chi connectivity index (χ1n) is 3.16. The minimum Gasteiger partial charge on any atom is -0.463 e. The SMILES string of the molecule is CC(C)[C@H]1COC(N)=N1. The van der Waals surface area contributed by atoms with Crippen molar-refractivity contribution in [1.29, 1.82) is 0 Å². The third kappa shape index (κ3) is 1.34. The zero-order valence-electron chi connectivity index (χ0n) is 5.79. The summed E-state index contributed by atoms with van der Waals surface area (Å²) in [5.41, 5.74) is 5.29. The first-order valence-corrected chi connectivity index (χ1v) is 3.16. The number of amidine groups is 1. The molecule has 0 aliphatic carbocycles. The van der Waals surface area contributed by atoms with Crippen LogP contribution in [0.5, 0.6) is 0 Å². The molecule has 52 valence electrons. The number of hydrogen-bond donors (Lipinski definition) is 1. The van der Waals surface area contributed by atoms with E-state index in [-0.39, 0.29) is 6.04 Å². The topological polar surface area (TPSA) is 47.6 Å². The second-order valence-electron chi connectivity index (χ2n) is 2.59. The van der Waals surface area contributed by atoms with Crippen LogP contribution in [-0.2, 0) is 4.74 Å². The van der Waals surface area contributed by atoms with Crippen LogP contribution in [0.4, 0.5) is 0 Å². The molecule has 0 amide bonds. The van der Waals surface area contributed by atoms with E-state index in [1.807, 2.05) is 0 Å². The lowest BCUT2D eigenvalue weighted by Gasteiger charge is -2.06. The van der Waals surface area contributed by atoms with Gasteiger partial charge in [-0.3, -0.25) is 0 Å². The molecule has 3 nitrogen and oxygen atoms in total. The second kappa shape index (κ2) is 2.25. The highest BCUT2D eigenvalue weighted by molar-refractivity contribution is 5.73. The Balaban J connectivity index is 2.47. The summed E-state index contributed by atoms with van der Waals surface area (Å²) >= 11 is 0. The molecule has 1 atom stereocenters. The van der Waals surface area contributed by atoms with Crippen LogP contribution in [0.3, 0.4) is 0 Å². The average molecular weight is 128 g/mol. The molecule has 1 rings (SSSR count). The maximum absolute atomic E-state index is 5.29. The van der Waals surface area contributed by atoms with Crippen LogP contribution in [0.25, 0.3) is 0 Å². The molecule has 0 bridgehead atoms. The van der Waals surface area contributed by atoms with Gasteiger partial charge in [-0.2, -0.15) is 0 Å². The Morgan fingerprint density at radius 3 is 2.67 bits per heavy atom. The smallest absolute Gasteiger partial charge is 0.282 e. The van der Waals surface area contributed by atoms with Gasteiger partial charge in [-0.1, -0.05) is 13.8 Å². The van der Waals surface area contributed by atoms with E-state index in [2.05, 4.69) is 18.8 Å². The van der Waals surface area contributed by atoms with Gasteiger partial charge in [0.25, 0.3) is 6.02 Å². The molecule has 0 radical (unpaired) electrons. The molecule has 0 fully saturated rings. The summed E-state index contributed by atoms with van der Waals surface area (Å²) in [4.78, 5) is 4.06. The largest absolute Gasteiger partial charge is 0.463 e. The number of nitrogens with zero attached hydrogens (tertiary/aromatic N) is 1. The first kappa shape index (κ1) is 6.39. The third-order valence-corrected chi connectivity index (χ3v) is 1.46. The summed E-state index contributed by atoms with van der Waals surface area (Å²) < 4.78 is 4.95. The number of ether oxygens (including phenoxy) is 1. The van der Waals surface area contributed by atoms with Crippen molar-refractivity contribution in [2.24, 2.45) is 16.6 Å². The Kier molecular flexibility index (Phi) is 1.60.